The Morgan fingerprint density at radius 1 is 1.11 bits per heavy atom. The van der Waals surface area contributed by atoms with Crippen LogP contribution in [-0.2, 0) is 11.2 Å². The first kappa shape index (κ1) is 26.5. The summed E-state index contributed by atoms with van der Waals surface area (Å²) in [4.78, 5) is 16.9. The summed E-state index contributed by atoms with van der Waals surface area (Å²) in [5.41, 5.74) is 3.27. The first-order chi connectivity index (χ1) is 17.8. The number of methoxy groups -OCH3 is 1. The van der Waals surface area contributed by atoms with Crippen LogP contribution < -0.4 is 14.2 Å². The monoisotopic (exact) mass is 520 g/mol. The second kappa shape index (κ2) is 11.6. The average Bonchev–Trinajstić information content (AvgIpc) is 3.26. The second-order valence-electron chi connectivity index (χ2n) is 9.23. The number of carbonyl (C=O) groups excluding carboxylic acids is 1. The van der Waals surface area contributed by atoms with Gasteiger partial charge in [-0.2, -0.15) is 15.1 Å². The first-order valence-electron chi connectivity index (χ1n) is 12.3. The fourth-order valence-electron chi connectivity index (χ4n) is 3.95. The number of amides is 1. The summed E-state index contributed by atoms with van der Waals surface area (Å²) < 4.78 is 17.3. The zero-order valence-electron chi connectivity index (χ0n) is 21.8. The Morgan fingerprint density at radius 3 is 2.62 bits per heavy atom. The summed E-state index contributed by atoms with van der Waals surface area (Å²) >= 11 is 1.35. The van der Waals surface area contributed by atoms with Crippen LogP contribution in [-0.4, -0.2) is 47.3 Å². The molecule has 0 fully saturated rings. The fraction of sp³-hybridized carbons (Fsp3) is 0.357. The standard InChI is InChI=1S/C28H32N4O4S/c1-6-19-12-18(4)13-21(14-19)35-9-10-36-23-8-7-20(16-24(23)34-5)15-22-26(29)32-28(30-27(22)33)37-25(31-32)11-17(2)3/h7-8,12-17,29H,6,9-11H2,1-5H3. The van der Waals surface area contributed by atoms with E-state index in [0.717, 1.165) is 23.6 Å². The van der Waals surface area contributed by atoms with E-state index >= 15 is 0 Å². The van der Waals surface area contributed by atoms with Gasteiger partial charge < -0.3 is 14.2 Å². The summed E-state index contributed by atoms with van der Waals surface area (Å²) in [6.45, 7) is 9.11. The molecule has 0 saturated carbocycles. The highest BCUT2D eigenvalue weighted by Gasteiger charge is 2.35. The highest BCUT2D eigenvalue weighted by Crippen LogP contribution is 2.32. The van der Waals surface area contributed by atoms with Gasteiger partial charge in [0.2, 0.25) is 5.17 Å². The summed E-state index contributed by atoms with van der Waals surface area (Å²) in [7, 11) is 1.56. The third-order valence-electron chi connectivity index (χ3n) is 5.71. The molecular weight excluding hydrogens is 488 g/mol. The third kappa shape index (κ3) is 6.40. The maximum Gasteiger partial charge on any atom is 0.283 e. The first-order valence-corrected chi connectivity index (χ1v) is 13.1. The molecule has 1 N–H and O–H groups in total. The van der Waals surface area contributed by atoms with Gasteiger partial charge >= 0.3 is 0 Å². The van der Waals surface area contributed by atoms with Crippen molar-refractivity contribution in [2.24, 2.45) is 16.0 Å². The molecule has 0 aromatic heterocycles. The minimum Gasteiger partial charge on any atom is -0.493 e. The van der Waals surface area contributed by atoms with Crippen LogP contribution in [0, 0.1) is 18.3 Å². The molecule has 0 atom stereocenters. The largest absolute Gasteiger partial charge is 0.493 e. The van der Waals surface area contributed by atoms with Crippen LogP contribution in [0.5, 0.6) is 17.2 Å². The quantitative estimate of drug-likeness (QED) is 0.319. The van der Waals surface area contributed by atoms with Gasteiger partial charge in [-0.1, -0.05) is 32.9 Å². The molecule has 0 spiro atoms. The van der Waals surface area contributed by atoms with Crippen molar-refractivity contribution in [2.45, 2.75) is 40.5 Å². The molecule has 2 aliphatic heterocycles. The molecule has 2 aromatic carbocycles. The Morgan fingerprint density at radius 2 is 1.89 bits per heavy atom. The van der Waals surface area contributed by atoms with E-state index in [1.54, 1.807) is 25.3 Å². The number of carbonyl (C=O) groups is 1. The second-order valence-corrected chi connectivity index (χ2v) is 10.3. The van der Waals surface area contributed by atoms with Crippen LogP contribution in [0.3, 0.4) is 0 Å². The van der Waals surface area contributed by atoms with E-state index in [0.29, 0.717) is 41.4 Å². The van der Waals surface area contributed by atoms with Gasteiger partial charge in [0.25, 0.3) is 5.91 Å². The number of rotatable bonds is 10. The SMILES string of the molecule is CCc1cc(C)cc(OCCOc2ccc(C=C3C(=N)N4N=C(CC(C)C)SC4=NC3=O)cc2OC)c1. The van der Waals surface area contributed by atoms with E-state index < -0.39 is 5.91 Å². The number of hydrazone groups is 1. The number of amidine groups is 2. The lowest BCUT2D eigenvalue weighted by molar-refractivity contribution is -0.114. The molecule has 8 nitrogen and oxygen atoms in total. The van der Waals surface area contributed by atoms with Gasteiger partial charge in [0.15, 0.2) is 17.3 Å². The number of hydrogen-bond donors (Lipinski definition) is 1. The van der Waals surface area contributed by atoms with Crippen molar-refractivity contribution in [3.63, 3.8) is 0 Å². The molecule has 2 aliphatic rings. The third-order valence-corrected chi connectivity index (χ3v) is 6.64. The van der Waals surface area contributed by atoms with Crippen LogP contribution in [0.2, 0.25) is 0 Å². The minimum atomic E-state index is -0.455. The van der Waals surface area contributed by atoms with E-state index in [2.05, 4.69) is 43.9 Å². The maximum absolute atomic E-state index is 12.7. The van der Waals surface area contributed by atoms with Gasteiger partial charge in [0.1, 0.15) is 24.0 Å². The van der Waals surface area contributed by atoms with Crippen molar-refractivity contribution in [3.8, 4) is 17.2 Å². The van der Waals surface area contributed by atoms with Crippen molar-refractivity contribution in [2.75, 3.05) is 20.3 Å². The maximum atomic E-state index is 12.7. The number of hydrogen-bond acceptors (Lipinski definition) is 7. The Kier molecular flexibility index (Phi) is 8.33. The van der Waals surface area contributed by atoms with Crippen LogP contribution in [0.4, 0.5) is 0 Å². The van der Waals surface area contributed by atoms with Gasteiger partial charge in [-0.05, 0) is 78.1 Å². The molecule has 2 aromatic rings. The molecule has 37 heavy (non-hydrogen) atoms. The van der Waals surface area contributed by atoms with Gasteiger partial charge in [0, 0.05) is 6.42 Å². The molecule has 9 heteroatoms. The van der Waals surface area contributed by atoms with Gasteiger partial charge in [-0.15, -0.1) is 0 Å². The number of benzene rings is 2. The van der Waals surface area contributed by atoms with Gasteiger partial charge in [-0.3, -0.25) is 10.2 Å². The zero-order valence-corrected chi connectivity index (χ0v) is 22.6. The predicted octanol–water partition coefficient (Wildman–Crippen LogP) is 5.69. The normalized spacial score (nSPS) is 16.2. The van der Waals surface area contributed by atoms with E-state index in [-0.39, 0.29) is 11.4 Å². The highest BCUT2D eigenvalue weighted by molar-refractivity contribution is 8.26. The van der Waals surface area contributed by atoms with Crippen LogP contribution in [0.25, 0.3) is 6.08 Å². The van der Waals surface area contributed by atoms with E-state index in [9.17, 15) is 4.79 Å². The Hall–Kier alpha value is -3.59. The van der Waals surface area contributed by atoms with Crippen LogP contribution in [0.1, 0.15) is 43.9 Å². The summed E-state index contributed by atoms with van der Waals surface area (Å²) in [5, 5.41) is 15.8. The predicted molar refractivity (Wildman–Crippen MR) is 149 cm³/mol. The van der Waals surface area contributed by atoms with Gasteiger partial charge in [0.05, 0.1) is 12.7 Å². The molecule has 0 unspecified atom stereocenters. The number of aryl methyl sites for hydroxylation is 2. The Labute approximate surface area is 221 Å². The molecule has 194 valence electrons. The van der Waals surface area contributed by atoms with Gasteiger partial charge in [-0.25, -0.2) is 0 Å². The van der Waals surface area contributed by atoms with Crippen molar-refractivity contribution >= 4 is 39.8 Å². The van der Waals surface area contributed by atoms with E-state index in [1.807, 2.05) is 18.2 Å². The number of aliphatic imine (C=N–C) groups is 1. The highest BCUT2D eigenvalue weighted by atomic mass is 32.2. The molecule has 2 heterocycles. The summed E-state index contributed by atoms with van der Waals surface area (Å²) in [5.74, 6) is 1.90. The number of nitrogens with zero attached hydrogens (tertiary/aromatic N) is 3. The molecule has 0 aliphatic carbocycles. The number of nitrogens with one attached hydrogen (secondary N) is 1. The number of fused-ring (bicyclic) bond motifs is 1. The smallest absolute Gasteiger partial charge is 0.283 e. The minimum absolute atomic E-state index is 0.0140. The van der Waals surface area contributed by atoms with Crippen molar-refractivity contribution in [1.82, 2.24) is 5.01 Å². The lowest BCUT2D eigenvalue weighted by Crippen LogP contribution is -2.35. The number of ether oxygens (including phenoxy) is 3. The summed E-state index contributed by atoms with van der Waals surface area (Å²) in [6, 6.07) is 11.6. The Balaban J connectivity index is 1.42. The lowest BCUT2D eigenvalue weighted by atomic mass is 10.1. The molecule has 0 bridgehead atoms. The lowest BCUT2D eigenvalue weighted by Gasteiger charge is -2.20. The van der Waals surface area contributed by atoms with Crippen LogP contribution >= 0.6 is 11.8 Å². The average molecular weight is 521 g/mol. The molecule has 1 amide bonds. The Bertz CT molecular complexity index is 1300. The summed E-state index contributed by atoms with van der Waals surface area (Å²) in [6.07, 6.45) is 3.36. The molecule has 4 rings (SSSR count). The van der Waals surface area contributed by atoms with Crippen molar-refractivity contribution in [1.29, 1.82) is 5.41 Å². The van der Waals surface area contributed by atoms with Crippen molar-refractivity contribution < 1.29 is 19.0 Å². The van der Waals surface area contributed by atoms with E-state index in [1.165, 1.54) is 27.9 Å². The molecule has 0 radical (unpaired) electrons. The zero-order chi connectivity index (χ0) is 26.5. The van der Waals surface area contributed by atoms with Crippen LogP contribution in [0.15, 0.2) is 52.1 Å². The number of thioether (sulfide) groups is 1. The molecule has 0 saturated heterocycles. The molecular formula is C28H32N4O4S. The van der Waals surface area contributed by atoms with E-state index in [4.69, 9.17) is 19.6 Å². The fourth-order valence-corrected chi connectivity index (χ4v) is 5.04. The topological polar surface area (TPSA) is 96.6 Å². The van der Waals surface area contributed by atoms with Crippen molar-refractivity contribution in [3.05, 3.63) is 58.7 Å².